The molecule has 0 fully saturated rings. The number of nitrogens with zero attached hydrogens (tertiary/aromatic N) is 1. The summed E-state index contributed by atoms with van der Waals surface area (Å²) in [6, 6.07) is 8.21. The molecule has 1 atom stereocenters. The number of likely N-dealkylation sites (N-methyl/N-ethyl adjacent to an activating group) is 1. The maximum atomic E-state index is 11.8. The predicted molar refractivity (Wildman–Crippen MR) is 70.2 cm³/mol. The summed E-state index contributed by atoms with van der Waals surface area (Å²) in [4.78, 5) is 22.5. The molecule has 0 aliphatic carbocycles. The van der Waals surface area contributed by atoms with Crippen LogP contribution < -0.4 is 0 Å². The Morgan fingerprint density at radius 1 is 1.28 bits per heavy atom. The Bertz CT molecular complexity index is 423. The fraction of sp³-hybridized carbons (Fsp3) is 0.333. The molecule has 0 radical (unpaired) electrons. The van der Waals surface area contributed by atoms with E-state index in [4.69, 9.17) is 28.3 Å². The molecule has 1 aromatic carbocycles. The minimum atomic E-state index is -1.24. The lowest BCUT2D eigenvalue weighted by Crippen LogP contribution is -2.45. The van der Waals surface area contributed by atoms with Gasteiger partial charge >= 0.3 is 6.09 Å². The van der Waals surface area contributed by atoms with Crippen LogP contribution in [0.1, 0.15) is 5.56 Å². The lowest BCUT2D eigenvalue weighted by Gasteiger charge is -2.25. The van der Waals surface area contributed by atoms with Crippen LogP contribution in [0.3, 0.4) is 0 Å². The Morgan fingerprint density at radius 2 is 1.83 bits per heavy atom. The number of Topliss-reactive ketones (excluding diaryl/α,β-unsaturated/α-hetero) is 1. The van der Waals surface area contributed by atoms with Crippen LogP contribution in [-0.4, -0.2) is 39.8 Å². The summed E-state index contributed by atoms with van der Waals surface area (Å²) in [5.74, 6) is -0.521. The molecule has 0 aliphatic rings. The van der Waals surface area contributed by atoms with Crippen LogP contribution in [0.5, 0.6) is 0 Å². The minimum Gasteiger partial charge on any atom is -0.465 e. The van der Waals surface area contributed by atoms with Crippen molar-refractivity contribution in [1.82, 2.24) is 4.90 Å². The average Bonchev–Trinajstić information content (AvgIpc) is 2.35. The summed E-state index contributed by atoms with van der Waals surface area (Å²) in [7, 11) is 1.32. The maximum absolute atomic E-state index is 11.8. The zero-order valence-electron chi connectivity index (χ0n) is 9.72. The van der Waals surface area contributed by atoms with Gasteiger partial charge in [0.05, 0.1) is 0 Å². The summed E-state index contributed by atoms with van der Waals surface area (Å²) >= 11 is 11.1. The second-order valence-corrected chi connectivity index (χ2v) is 4.90. The Kier molecular flexibility index (Phi) is 5.44. The molecular weight excluding hydrogens is 277 g/mol. The van der Waals surface area contributed by atoms with Crippen molar-refractivity contribution in [3.05, 3.63) is 35.9 Å². The van der Waals surface area contributed by atoms with E-state index in [0.29, 0.717) is 0 Å². The maximum Gasteiger partial charge on any atom is 0.407 e. The third-order valence-electron chi connectivity index (χ3n) is 2.58. The van der Waals surface area contributed by atoms with E-state index < -0.39 is 22.8 Å². The SMILES string of the molecule is CN(C(=O)O)[C@H](Cc1ccccc1)C(=O)C(Cl)Cl. The number of carboxylic acid groups (broad SMARTS) is 1. The molecule has 1 rings (SSSR count). The Balaban J connectivity index is 2.91. The standard InChI is InChI=1S/C12H13Cl2NO3/c1-15(12(17)18)9(10(16)11(13)14)7-8-5-3-2-4-6-8/h2-6,9,11H,7H2,1H3,(H,17,18)/t9-/m1/s1. The highest BCUT2D eigenvalue weighted by Gasteiger charge is 2.30. The quantitative estimate of drug-likeness (QED) is 0.848. The van der Waals surface area contributed by atoms with E-state index in [9.17, 15) is 9.59 Å². The third-order valence-corrected chi connectivity index (χ3v) is 3.01. The van der Waals surface area contributed by atoms with Gasteiger partial charge in [-0.2, -0.15) is 0 Å². The van der Waals surface area contributed by atoms with E-state index in [2.05, 4.69) is 0 Å². The Morgan fingerprint density at radius 3 is 2.28 bits per heavy atom. The topological polar surface area (TPSA) is 57.6 Å². The largest absolute Gasteiger partial charge is 0.465 e. The van der Waals surface area contributed by atoms with Gasteiger partial charge in [-0.15, -0.1) is 0 Å². The number of alkyl halides is 2. The van der Waals surface area contributed by atoms with Gasteiger partial charge in [0.2, 0.25) is 0 Å². The van der Waals surface area contributed by atoms with E-state index in [0.717, 1.165) is 10.5 Å². The zero-order chi connectivity index (χ0) is 13.7. The van der Waals surface area contributed by atoms with Gasteiger partial charge < -0.3 is 10.0 Å². The second-order valence-electron chi connectivity index (χ2n) is 3.80. The molecule has 1 amide bonds. The van der Waals surface area contributed by atoms with E-state index in [-0.39, 0.29) is 6.42 Å². The fourth-order valence-corrected chi connectivity index (χ4v) is 1.84. The monoisotopic (exact) mass is 289 g/mol. The van der Waals surface area contributed by atoms with Crippen LogP contribution in [0.25, 0.3) is 0 Å². The molecule has 0 saturated heterocycles. The number of carbonyl (C=O) groups is 2. The molecular formula is C12H13Cl2NO3. The van der Waals surface area contributed by atoms with Gasteiger partial charge in [-0.25, -0.2) is 4.79 Å². The van der Waals surface area contributed by atoms with Crippen LogP contribution in [0.4, 0.5) is 4.79 Å². The van der Waals surface area contributed by atoms with Crippen LogP contribution in [-0.2, 0) is 11.2 Å². The second kappa shape index (κ2) is 6.61. The van der Waals surface area contributed by atoms with E-state index in [1.165, 1.54) is 7.05 Å². The highest BCUT2D eigenvalue weighted by molar-refractivity contribution is 6.54. The van der Waals surface area contributed by atoms with Crippen LogP contribution in [0.2, 0.25) is 0 Å². The minimum absolute atomic E-state index is 0.248. The van der Waals surface area contributed by atoms with Crippen molar-refractivity contribution in [1.29, 1.82) is 0 Å². The van der Waals surface area contributed by atoms with Crippen molar-refractivity contribution in [3.8, 4) is 0 Å². The summed E-state index contributed by atoms with van der Waals surface area (Å²) in [5.41, 5.74) is 0.845. The molecule has 6 heteroatoms. The van der Waals surface area contributed by atoms with Crippen molar-refractivity contribution in [2.75, 3.05) is 7.05 Å². The van der Waals surface area contributed by atoms with Gasteiger partial charge in [0, 0.05) is 13.5 Å². The lowest BCUT2D eigenvalue weighted by atomic mass is 10.0. The van der Waals surface area contributed by atoms with Crippen molar-refractivity contribution in [2.45, 2.75) is 17.3 Å². The molecule has 0 unspecified atom stereocenters. The molecule has 0 aliphatic heterocycles. The number of hydrogen-bond donors (Lipinski definition) is 1. The van der Waals surface area contributed by atoms with E-state index in [1.807, 2.05) is 30.3 Å². The molecule has 0 aromatic heterocycles. The highest BCUT2D eigenvalue weighted by Crippen LogP contribution is 2.15. The van der Waals surface area contributed by atoms with Crippen molar-refractivity contribution in [2.24, 2.45) is 0 Å². The number of rotatable bonds is 5. The fourth-order valence-electron chi connectivity index (χ4n) is 1.54. The van der Waals surface area contributed by atoms with Gasteiger partial charge in [0.15, 0.2) is 10.6 Å². The molecule has 4 nitrogen and oxygen atoms in total. The smallest absolute Gasteiger partial charge is 0.407 e. The molecule has 1 aromatic rings. The van der Waals surface area contributed by atoms with Gasteiger partial charge in [0.25, 0.3) is 0 Å². The average molecular weight is 290 g/mol. The zero-order valence-corrected chi connectivity index (χ0v) is 11.2. The van der Waals surface area contributed by atoms with Crippen LogP contribution >= 0.6 is 23.2 Å². The third kappa shape index (κ3) is 3.89. The first-order chi connectivity index (χ1) is 8.43. The molecule has 0 bridgehead atoms. The number of amides is 1. The Hall–Kier alpha value is -1.26. The molecule has 1 N–H and O–H groups in total. The summed E-state index contributed by atoms with van der Waals surface area (Å²) < 4.78 is 0. The summed E-state index contributed by atoms with van der Waals surface area (Å²) in [5, 5.41) is 8.95. The number of carbonyl (C=O) groups excluding carboxylic acids is 1. The molecule has 0 saturated carbocycles. The van der Waals surface area contributed by atoms with Gasteiger partial charge in [-0.05, 0) is 5.56 Å². The Labute approximate surface area is 115 Å². The molecule has 0 heterocycles. The highest BCUT2D eigenvalue weighted by atomic mass is 35.5. The number of hydrogen-bond acceptors (Lipinski definition) is 2. The normalized spacial score (nSPS) is 12.2. The lowest BCUT2D eigenvalue weighted by molar-refractivity contribution is -0.121. The van der Waals surface area contributed by atoms with Gasteiger partial charge in [-0.1, -0.05) is 53.5 Å². The summed E-state index contributed by atoms with van der Waals surface area (Å²) in [6.45, 7) is 0. The van der Waals surface area contributed by atoms with E-state index >= 15 is 0 Å². The molecule has 0 spiro atoms. The van der Waals surface area contributed by atoms with E-state index in [1.54, 1.807) is 0 Å². The number of halogens is 2. The van der Waals surface area contributed by atoms with Gasteiger partial charge in [0.1, 0.15) is 6.04 Å². The van der Waals surface area contributed by atoms with Crippen molar-refractivity contribution in [3.63, 3.8) is 0 Å². The first-order valence-corrected chi connectivity index (χ1v) is 6.12. The molecule has 18 heavy (non-hydrogen) atoms. The van der Waals surface area contributed by atoms with Gasteiger partial charge in [-0.3, -0.25) is 4.79 Å². The van der Waals surface area contributed by atoms with Crippen LogP contribution in [0, 0.1) is 0 Å². The number of benzene rings is 1. The first kappa shape index (κ1) is 14.8. The van der Waals surface area contributed by atoms with Crippen molar-refractivity contribution >= 4 is 35.1 Å². The molecule has 98 valence electrons. The number of ketones is 1. The first-order valence-electron chi connectivity index (χ1n) is 5.25. The summed E-state index contributed by atoms with van der Waals surface area (Å²) in [6.07, 6.45) is -0.948. The van der Waals surface area contributed by atoms with Crippen LogP contribution in [0.15, 0.2) is 30.3 Å². The van der Waals surface area contributed by atoms with Crippen molar-refractivity contribution < 1.29 is 14.7 Å². The predicted octanol–water partition coefficient (Wildman–Crippen LogP) is 2.58.